The molecule has 1 aliphatic heterocycles. The monoisotopic (exact) mass is 426 g/mol. The molecule has 3 aromatic rings. The summed E-state index contributed by atoms with van der Waals surface area (Å²) in [5, 5.41) is 7.60. The Morgan fingerprint density at radius 3 is 2.70 bits per heavy atom. The Labute approximate surface area is 180 Å². The van der Waals surface area contributed by atoms with E-state index in [2.05, 4.69) is 22.5 Å². The molecule has 7 nitrogen and oxygen atoms in total. The molecule has 0 atom stereocenters. The molecule has 2 heterocycles. The summed E-state index contributed by atoms with van der Waals surface area (Å²) in [5.74, 6) is 1.27. The van der Waals surface area contributed by atoms with Crippen molar-refractivity contribution in [1.82, 2.24) is 9.78 Å². The summed E-state index contributed by atoms with van der Waals surface area (Å²) in [6.07, 6.45) is 2.42. The normalized spacial score (nSPS) is 12.9. The third-order valence-corrected chi connectivity index (χ3v) is 5.09. The minimum atomic E-state index is -0.294. The van der Waals surface area contributed by atoms with E-state index in [1.807, 2.05) is 31.1 Å². The second-order valence-corrected chi connectivity index (χ2v) is 7.63. The number of hydrogen-bond donors (Lipinski definition) is 1. The van der Waals surface area contributed by atoms with Crippen LogP contribution < -0.4 is 19.7 Å². The quantitative estimate of drug-likeness (QED) is 0.666. The van der Waals surface area contributed by atoms with Gasteiger partial charge in [-0.2, -0.15) is 5.10 Å². The molecule has 8 heteroatoms. The Morgan fingerprint density at radius 1 is 1.17 bits per heavy atom. The number of carbonyl (C=O) groups excluding carboxylic acids is 1. The maximum Gasteiger partial charge on any atom is 0.257 e. The van der Waals surface area contributed by atoms with E-state index in [1.54, 1.807) is 29.1 Å². The number of ether oxygens (including phenoxy) is 2. The molecule has 4 rings (SSSR count). The van der Waals surface area contributed by atoms with Crippen molar-refractivity contribution < 1.29 is 14.3 Å². The van der Waals surface area contributed by atoms with Gasteiger partial charge in [-0.15, -0.1) is 0 Å². The van der Waals surface area contributed by atoms with E-state index >= 15 is 0 Å². The number of carbonyl (C=O) groups is 1. The molecule has 0 spiro atoms. The van der Waals surface area contributed by atoms with Gasteiger partial charge in [-0.05, 0) is 29.8 Å². The van der Waals surface area contributed by atoms with E-state index in [1.165, 1.54) is 0 Å². The van der Waals surface area contributed by atoms with Crippen molar-refractivity contribution in [3.63, 3.8) is 0 Å². The van der Waals surface area contributed by atoms with Gasteiger partial charge in [0.1, 0.15) is 5.82 Å². The zero-order valence-electron chi connectivity index (χ0n) is 16.9. The molecule has 0 aliphatic carbocycles. The van der Waals surface area contributed by atoms with Crippen molar-refractivity contribution in [2.24, 2.45) is 0 Å². The maximum absolute atomic E-state index is 12.8. The zero-order valence-corrected chi connectivity index (χ0v) is 17.6. The Bertz CT molecular complexity index is 1050. The van der Waals surface area contributed by atoms with Crippen LogP contribution in [0.25, 0.3) is 0 Å². The van der Waals surface area contributed by atoms with E-state index in [0.717, 1.165) is 17.7 Å². The number of amides is 1. The van der Waals surface area contributed by atoms with Crippen molar-refractivity contribution in [3.8, 4) is 11.5 Å². The predicted octanol–water partition coefficient (Wildman–Crippen LogP) is 4.06. The van der Waals surface area contributed by atoms with Crippen LogP contribution in [0.3, 0.4) is 0 Å². The van der Waals surface area contributed by atoms with E-state index in [4.69, 9.17) is 21.1 Å². The maximum atomic E-state index is 12.8. The summed E-state index contributed by atoms with van der Waals surface area (Å²) in [6, 6.07) is 13.2. The molecule has 1 amide bonds. The highest BCUT2D eigenvalue weighted by atomic mass is 35.5. The lowest BCUT2D eigenvalue weighted by Gasteiger charge is -2.14. The molecule has 1 aliphatic rings. The second-order valence-electron chi connectivity index (χ2n) is 7.22. The van der Waals surface area contributed by atoms with Gasteiger partial charge in [-0.25, -0.2) is 4.68 Å². The highest BCUT2D eigenvalue weighted by molar-refractivity contribution is 6.32. The Hall–Kier alpha value is -3.19. The number of nitrogens with zero attached hydrogens (tertiary/aromatic N) is 3. The van der Waals surface area contributed by atoms with Crippen LogP contribution in [0.5, 0.6) is 11.5 Å². The van der Waals surface area contributed by atoms with Crippen LogP contribution in [0.2, 0.25) is 5.02 Å². The molecule has 0 fully saturated rings. The van der Waals surface area contributed by atoms with Crippen molar-refractivity contribution >= 4 is 29.0 Å². The van der Waals surface area contributed by atoms with Crippen LogP contribution >= 0.6 is 11.6 Å². The average molecular weight is 427 g/mol. The average Bonchev–Trinajstić information content (AvgIpc) is 3.01. The minimum Gasteiger partial charge on any atom is -0.489 e. The summed E-state index contributed by atoms with van der Waals surface area (Å²) in [7, 11) is 4.00. The van der Waals surface area contributed by atoms with Crippen LogP contribution in [0.15, 0.2) is 48.7 Å². The zero-order chi connectivity index (χ0) is 21.1. The molecule has 156 valence electrons. The van der Waals surface area contributed by atoms with E-state index in [9.17, 15) is 4.79 Å². The molecule has 2 aromatic carbocycles. The standard InChI is InChI=1S/C22H23ClN4O3/c1-26(2)17-6-4-15(5-7-17)14-27-20(8-9-24-27)25-22(28)16-12-18(23)21-19(13-16)29-10-3-11-30-21/h4-9,12-13H,3,10-11,14H2,1-2H3,(H,25,28). The van der Waals surface area contributed by atoms with Crippen molar-refractivity contribution in [2.75, 3.05) is 37.5 Å². The third-order valence-electron chi connectivity index (χ3n) is 4.81. The highest BCUT2D eigenvalue weighted by Crippen LogP contribution is 2.38. The lowest BCUT2D eigenvalue weighted by Crippen LogP contribution is -2.16. The van der Waals surface area contributed by atoms with E-state index < -0.39 is 0 Å². The number of nitrogens with one attached hydrogen (secondary N) is 1. The molecular weight excluding hydrogens is 404 g/mol. The molecule has 0 saturated carbocycles. The van der Waals surface area contributed by atoms with Gasteiger partial charge in [0.05, 0.1) is 31.0 Å². The Morgan fingerprint density at radius 2 is 1.93 bits per heavy atom. The lowest BCUT2D eigenvalue weighted by atomic mass is 10.2. The fourth-order valence-electron chi connectivity index (χ4n) is 3.19. The first-order valence-electron chi connectivity index (χ1n) is 9.70. The lowest BCUT2D eigenvalue weighted by molar-refractivity contribution is 0.102. The molecule has 30 heavy (non-hydrogen) atoms. The summed E-state index contributed by atoms with van der Waals surface area (Å²) in [5.41, 5.74) is 2.60. The molecule has 0 saturated heterocycles. The fraction of sp³-hybridized carbons (Fsp3) is 0.273. The van der Waals surface area contributed by atoms with Gasteiger partial charge >= 0.3 is 0 Å². The molecule has 0 unspecified atom stereocenters. The SMILES string of the molecule is CN(C)c1ccc(Cn2nccc2NC(=O)c2cc(Cl)c3c(c2)OCCCO3)cc1. The van der Waals surface area contributed by atoms with Crippen molar-refractivity contribution in [1.29, 1.82) is 0 Å². The van der Waals surface area contributed by atoms with Gasteiger partial charge in [0, 0.05) is 37.8 Å². The Balaban J connectivity index is 1.50. The first kappa shape index (κ1) is 20.1. The summed E-state index contributed by atoms with van der Waals surface area (Å²) >= 11 is 6.31. The van der Waals surface area contributed by atoms with Crippen LogP contribution in [0.4, 0.5) is 11.5 Å². The van der Waals surface area contributed by atoms with E-state index in [0.29, 0.717) is 47.7 Å². The van der Waals surface area contributed by atoms with Crippen LogP contribution in [-0.2, 0) is 6.54 Å². The minimum absolute atomic E-state index is 0.294. The molecule has 1 N–H and O–H groups in total. The first-order valence-corrected chi connectivity index (χ1v) is 10.1. The van der Waals surface area contributed by atoms with Gasteiger partial charge in [0.25, 0.3) is 5.91 Å². The van der Waals surface area contributed by atoms with Crippen LogP contribution in [0, 0.1) is 0 Å². The first-order chi connectivity index (χ1) is 14.5. The van der Waals surface area contributed by atoms with E-state index in [-0.39, 0.29) is 5.91 Å². The highest BCUT2D eigenvalue weighted by Gasteiger charge is 2.19. The van der Waals surface area contributed by atoms with Gasteiger partial charge in [0.2, 0.25) is 0 Å². The largest absolute Gasteiger partial charge is 0.489 e. The summed E-state index contributed by atoms with van der Waals surface area (Å²) in [6.45, 7) is 1.60. The van der Waals surface area contributed by atoms with Gasteiger partial charge in [-0.1, -0.05) is 23.7 Å². The number of aromatic nitrogens is 2. The summed E-state index contributed by atoms with van der Waals surface area (Å²) < 4.78 is 13.0. The van der Waals surface area contributed by atoms with Crippen molar-refractivity contribution in [2.45, 2.75) is 13.0 Å². The van der Waals surface area contributed by atoms with Crippen LogP contribution in [-0.4, -0.2) is 43.0 Å². The molecule has 0 bridgehead atoms. The third kappa shape index (κ3) is 4.36. The molecule has 0 radical (unpaired) electrons. The molecular formula is C22H23ClN4O3. The summed E-state index contributed by atoms with van der Waals surface area (Å²) in [4.78, 5) is 14.9. The Kier molecular flexibility index (Phi) is 5.81. The second kappa shape index (κ2) is 8.67. The number of anilines is 2. The number of benzene rings is 2. The number of fused-ring (bicyclic) bond motifs is 1. The van der Waals surface area contributed by atoms with Crippen LogP contribution in [0.1, 0.15) is 22.3 Å². The smallest absolute Gasteiger partial charge is 0.257 e. The number of hydrogen-bond acceptors (Lipinski definition) is 5. The fourth-order valence-corrected chi connectivity index (χ4v) is 3.45. The van der Waals surface area contributed by atoms with Gasteiger partial charge in [-0.3, -0.25) is 4.79 Å². The molecule has 1 aromatic heterocycles. The topological polar surface area (TPSA) is 68.6 Å². The number of halogens is 1. The van der Waals surface area contributed by atoms with Gasteiger partial charge < -0.3 is 19.7 Å². The van der Waals surface area contributed by atoms with Crippen molar-refractivity contribution in [3.05, 3.63) is 64.8 Å². The van der Waals surface area contributed by atoms with Gasteiger partial charge in [0.15, 0.2) is 11.5 Å². The number of rotatable bonds is 5. The predicted molar refractivity (Wildman–Crippen MR) is 117 cm³/mol.